The maximum atomic E-state index is 6.24. The summed E-state index contributed by atoms with van der Waals surface area (Å²) in [4.78, 5) is 0. The molecule has 0 radical (unpaired) electrons. The van der Waals surface area contributed by atoms with Gasteiger partial charge in [0.15, 0.2) is 0 Å². The van der Waals surface area contributed by atoms with Gasteiger partial charge in [0.25, 0.3) is 0 Å². The molecule has 0 amide bonds. The maximum absolute atomic E-state index is 6.24. The summed E-state index contributed by atoms with van der Waals surface area (Å²) in [7, 11) is 2.09. The van der Waals surface area contributed by atoms with Gasteiger partial charge in [0.2, 0.25) is 0 Å². The third-order valence-corrected chi connectivity index (χ3v) is 4.05. The zero-order chi connectivity index (χ0) is 15.4. The zero-order valence-electron chi connectivity index (χ0n) is 13.2. The molecule has 0 aliphatic rings. The largest absolute Gasteiger partial charge is 0.492 e. The highest BCUT2D eigenvalue weighted by Gasteiger charge is 2.07. The average Bonchev–Trinajstić information content (AvgIpc) is 2.71. The monoisotopic (exact) mass is 306 g/mol. The summed E-state index contributed by atoms with van der Waals surface area (Å²) in [5.74, 6) is 0.746. The summed E-state index contributed by atoms with van der Waals surface area (Å²) in [6, 6.07) is 8.05. The fraction of sp³-hybridized carbons (Fsp3) is 0.412. The first kappa shape index (κ1) is 15.8. The van der Waals surface area contributed by atoms with E-state index in [4.69, 9.17) is 16.3 Å². The van der Waals surface area contributed by atoms with Crippen molar-refractivity contribution in [3.8, 4) is 5.75 Å². The van der Waals surface area contributed by atoms with Crippen molar-refractivity contribution in [3.05, 3.63) is 46.2 Å². The Morgan fingerprint density at radius 1 is 1.24 bits per heavy atom. The number of ether oxygens (including phenoxy) is 1. The van der Waals surface area contributed by atoms with Gasteiger partial charge in [-0.1, -0.05) is 18.5 Å². The third kappa shape index (κ3) is 3.73. The molecule has 0 saturated heterocycles. The topological polar surface area (TPSA) is 26.2 Å². The highest BCUT2D eigenvalue weighted by molar-refractivity contribution is 6.32. The van der Waals surface area contributed by atoms with Crippen molar-refractivity contribution in [1.82, 2.24) is 4.57 Å². The smallest absolute Gasteiger partial charge is 0.138 e. The van der Waals surface area contributed by atoms with E-state index in [0.29, 0.717) is 11.6 Å². The Hall–Kier alpha value is -1.61. The van der Waals surface area contributed by atoms with Crippen molar-refractivity contribution in [3.63, 3.8) is 0 Å². The van der Waals surface area contributed by atoms with Gasteiger partial charge in [0.05, 0.1) is 11.6 Å². The number of nitrogens with one attached hydrogen (secondary N) is 1. The Morgan fingerprint density at radius 3 is 2.57 bits per heavy atom. The Bertz CT molecular complexity index is 619. The van der Waals surface area contributed by atoms with E-state index in [1.54, 1.807) is 0 Å². The number of aromatic nitrogens is 1. The molecule has 0 aliphatic carbocycles. The first-order chi connectivity index (χ1) is 10.0. The van der Waals surface area contributed by atoms with Gasteiger partial charge in [0, 0.05) is 30.7 Å². The average molecular weight is 307 g/mol. The van der Waals surface area contributed by atoms with Gasteiger partial charge >= 0.3 is 0 Å². The second-order valence-corrected chi connectivity index (χ2v) is 5.71. The van der Waals surface area contributed by atoms with E-state index < -0.39 is 0 Å². The molecule has 0 fully saturated rings. The van der Waals surface area contributed by atoms with E-state index in [9.17, 15) is 0 Å². The molecule has 0 bridgehead atoms. The molecule has 1 aromatic heterocycles. The minimum atomic E-state index is 0.648. The molecule has 1 aromatic carbocycles. The second kappa shape index (κ2) is 6.90. The second-order valence-electron chi connectivity index (χ2n) is 5.30. The lowest BCUT2D eigenvalue weighted by atomic mass is 10.2. The first-order valence-corrected chi connectivity index (χ1v) is 7.68. The lowest BCUT2D eigenvalue weighted by Gasteiger charge is -2.10. The normalized spacial score (nSPS) is 10.7. The molecular weight excluding hydrogens is 284 g/mol. The predicted molar refractivity (Wildman–Crippen MR) is 89.5 cm³/mol. The predicted octanol–water partition coefficient (Wildman–Crippen LogP) is 4.70. The van der Waals surface area contributed by atoms with Gasteiger partial charge < -0.3 is 14.6 Å². The summed E-state index contributed by atoms with van der Waals surface area (Å²) in [5, 5.41) is 4.06. The third-order valence-electron chi connectivity index (χ3n) is 3.76. The highest BCUT2D eigenvalue weighted by Crippen LogP contribution is 2.28. The summed E-state index contributed by atoms with van der Waals surface area (Å²) in [6.45, 7) is 7.81. The standard InChI is InChI=1S/C17H23ClN2O/c1-5-8-21-17-7-6-15(10-16(17)18)19-11-14-9-12(2)20(4)13(14)3/h6-7,9-10,19H,5,8,11H2,1-4H3. The molecule has 0 unspecified atom stereocenters. The van der Waals surface area contributed by atoms with Crippen LogP contribution in [0.1, 0.15) is 30.3 Å². The molecule has 4 heteroatoms. The number of nitrogens with zero attached hydrogens (tertiary/aromatic N) is 1. The van der Waals surface area contributed by atoms with E-state index >= 15 is 0 Å². The van der Waals surface area contributed by atoms with Crippen LogP contribution in [-0.2, 0) is 13.6 Å². The molecule has 21 heavy (non-hydrogen) atoms. The number of hydrogen-bond donors (Lipinski definition) is 1. The van der Waals surface area contributed by atoms with Crippen LogP contribution in [0.3, 0.4) is 0 Å². The molecule has 0 aliphatic heterocycles. The maximum Gasteiger partial charge on any atom is 0.138 e. The van der Waals surface area contributed by atoms with Crippen molar-refractivity contribution < 1.29 is 4.74 Å². The summed E-state index contributed by atoms with van der Waals surface area (Å²) in [5.41, 5.74) is 4.86. The molecule has 114 valence electrons. The molecule has 0 atom stereocenters. The van der Waals surface area contributed by atoms with Crippen LogP contribution < -0.4 is 10.1 Å². The molecule has 0 saturated carbocycles. The SMILES string of the molecule is CCCOc1ccc(NCc2cc(C)n(C)c2C)cc1Cl. The lowest BCUT2D eigenvalue weighted by Crippen LogP contribution is -2.02. The Balaban J connectivity index is 2.03. The molecule has 2 aromatic rings. The lowest BCUT2D eigenvalue weighted by molar-refractivity contribution is 0.317. The Labute approximate surface area is 131 Å². The number of rotatable bonds is 6. The Morgan fingerprint density at radius 2 is 2.00 bits per heavy atom. The quantitative estimate of drug-likeness (QED) is 0.837. The summed E-state index contributed by atoms with van der Waals surface area (Å²) in [6.07, 6.45) is 0.975. The number of halogens is 1. The van der Waals surface area contributed by atoms with E-state index in [0.717, 1.165) is 24.4 Å². The molecule has 3 nitrogen and oxygen atoms in total. The van der Waals surface area contributed by atoms with Gasteiger partial charge in [-0.05, 0) is 50.1 Å². The summed E-state index contributed by atoms with van der Waals surface area (Å²) >= 11 is 6.24. The van der Waals surface area contributed by atoms with Gasteiger partial charge in [0.1, 0.15) is 5.75 Å². The molecule has 1 heterocycles. The van der Waals surface area contributed by atoms with Gasteiger partial charge in [-0.15, -0.1) is 0 Å². The van der Waals surface area contributed by atoms with Crippen LogP contribution in [0.25, 0.3) is 0 Å². The minimum Gasteiger partial charge on any atom is -0.492 e. The molecule has 0 spiro atoms. The van der Waals surface area contributed by atoms with Crippen molar-refractivity contribution in [2.75, 3.05) is 11.9 Å². The number of hydrogen-bond acceptors (Lipinski definition) is 2. The Kier molecular flexibility index (Phi) is 5.18. The fourth-order valence-electron chi connectivity index (χ4n) is 2.25. The molecule has 1 N–H and O–H groups in total. The first-order valence-electron chi connectivity index (χ1n) is 7.31. The van der Waals surface area contributed by atoms with Crippen LogP contribution in [0.15, 0.2) is 24.3 Å². The fourth-order valence-corrected chi connectivity index (χ4v) is 2.48. The van der Waals surface area contributed by atoms with Crippen LogP contribution in [-0.4, -0.2) is 11.2 Å². The van der Waals surface area contributed by atoms with Gasteiger partial charge in [-0.3, -0.25) is 0 Å². The molecule has 2 rings (SSSR count). The van der Waals surface area contributed by atoms with E-state index in [-0.39, 0.29) is 0 Å². The molecular formula is C17H23ClN2O. The van der Waals surface area contributed by atoms with Crippen LogP contribution in [0.4, 0.5) is 5.69 Å². The van der Waals surface area contributed by atoms with Crippen LogP contribution in [0.5, 0.6) is 5.75 Å². The van der Waals surface area contributed by atoms with Crippen molar-refractivity contribution in [2.24, 2.45) is 7.05 Å². The van der Waals surface area contributed by atoms with E-state index in [1.165, 1.54) is 17.0 Å². The van der Waals surface area contributed by atoms with Crippen LogP contribution in [0, 0.1) is 13.8 Å². The van der Waals surface area contributed by atoms with Gasteiger partial charge in [-0.2, -0.15) is 0 Å². The van der Waals surface area contributed by atoms with Crippen LogP contribution >= 0.6 is 11.6 Å². The highest BCUT2D eigenvalue weighted by atomic mass is 35.5. The van der Waals surface area contributed by atoms with E-state index in [2.05, 4.69) is 43.8 Å². The van der Waals surface area contributed by atoms with Crippen LogP contribution in [0.2, 0.25) is 5.02 Å². The van der Waals surface area contributed by atoms with Crippen molar-refractivity contribution in [2.45, 2.75) is 33.7 Å². The van der Waals surface area contributed by atoms with Crippen molar-refractivity contribution >= 4 is 17.3 Å². The number of anilines is 1. The minimum absolute atomic E-state index is 0.648. The van der Waals surface area contributed by atoms with Gasteiger partial charge in [-0.25, -0.2) is 0 Å². The van der Waals surface area contributed by atoms with E-state index in [1.807, 2.05) is 18.2 Å². The number of benzene rings is 1. The van der Waals surface area contributed by atoms with Crippen molar-refractivity contribution in [1.29, 1.82) is 0 Å². The number of aryl methyl sites for hydroxylation is 1. The summed E-state index contributed by atoms with van der Waals surface area (Å²) < 4.78 is 7.78. The zero-order valence-corrected chi connectivity index (χ0v) is 13.9.